The Labute approximate surface area is 116 Å². The summed E-state index contributed by atoms with van der Waals surface area (Å²) in [6, 6.07) is 4.61. The number of nitrogens with zero attached hydrogens (tertiary/aromatic N) is 3. The van der Waals surface area contributed by atoms with Crippen LogP contribution in [0.25, 0.3) is 0 Å². The largest absolute Gasteiger partial charge is 0.467 e. The second kappa shape index (κ2) is 6.14. The van der Waals surface area contributed by atoms with Gasteiger partial charge < -0.3 is 14.8 Å². The minimum absolute atomic E-state index is 0.0303. The summed E-state index contributed by atoms with van der Waals surface area (Å²) in [5.41, 5.74) is 0.870. The third kappa shape index (κ3) is 3.31. The van der Waals surface area contributed by atoms with E-state index >= 15 is 0 Å². The van der Waals surface area contributed by atoms with Crippen molar-refractivity contribution in [2.24, 2.45) is 0 Å². The van der Waals surface area contributed by atoms with Gasteiger partial charge in [-0.05, 0) is 31.5 Å². The fraction of sp³-hybridized carbons (Fsp3) is 0.308. The number of rotatable bonds is 5. The molecule has 2 rings (SSSR count). The summed E-state index contributed by atoms with van der Waals surface area (Å²) in [5.74, 6) is -0.122. The number of methoxy groups -OCH3 is 1. The maximum absolute atomic E-state index is 13.6. The number of aromatic nitrogens is 3. The van der Waals surface area contributed by atoms with E-state index in [-0.39, 0.29) is 17.8 Å². The summed E-state index contributed by atoms with van der Waals surface area (Å²) in [6.45, 7) is 4.37. The van der Waals surface area contributed by atoms with Gasteiger partial charge in [0, 0.05) is 6.54 Å². The van der Waals surface area contributed by atoms with Crippen LogP contribution in [0.5, 0.6) is 17.8 Å². The number of hydrogen-bond acceptors (Lipinski definition) is 6. The topological polar surface area (TPSA) is 69.2 Å². The normalized spacial score (nSPS) is 10.2. The smallest absolute Gasteiger partial charge is 0.330 e. The molecule has 106 valence electrons. The minimum atomic E-state index is -0.486. The monoisotopic (exact) mass is 278 g/mol. The molecule has 1 aromatic heterocycles. The summed E-state index contributed by atoms with van der Waals surface area (Å²) in [5, 5.41) is 2.92. The zero-order valence-electron chi connectivity index (χ0n) is 11.5. The molecule has 1 aromatic carbocycles. The lowest BCUT2D eigenvalue weighted by Gasteiger charge is -2.08. The van der Waals surface area contributed by atoms with Crippen LogP contribution in [0.2, 0.25) is 0 Å². The highest BCUT2D eigenvalue weighted by Crippen LogP contribution is 2.24. The van der Waals surface area contributed by atoms with Gasteiger partial charge in [-0.15, -0.1) is 4.98 Å². The number of nitrogens with one attached hydrogen (secondary N) is 1. The fourth-order valence-corrected chi connectivity index (χ4v) is 1.50. The highest BCUT2D eigenvalue weighted by Gasteiger charge is 2.11. The zero-order valence-corrected chi connectivity index (χ0v) is 11.5. The molecule has 7 heteroatoms. The number of ether oxygens (including phenoxy) is 2. The Balaban J connectivity index is 2.32. The molecule has 6 nitrogen and oxygen atoms in total. The number of anilines is 1. The first kappa shape index (κ1) is 14.0. The summed E-state index contributed by atoms with van der Waals surface area (Å²) in [7, 11) is 1.43. The third-order valence-electron chi connectivity index (χ3n) is 2.40. The Bertz CT molecular complexity index is 607. The number of halogens is 1. The standard InChI is InChI=1S/C13H15FN4O2/c1-4-15-11-16-12(19-3)18-13(17-11)20-10-7-8(2)5-6-9(10)14/h5-7H,4H2,1-3H3,(H,15,16,17,18). The summed E-state index contributed by atoms with van der Waals surface area (Å²) in [4.78, 5) is 12.0. The maximum Gasteiger partial charge on any atom is 0.330 e. The molecular weight excluding hydrogens is 263 g/mol. The molecule has 0 unspecified atom stereocenters. The molecule has 0 amide bonds. The van der Waals surface area contributed by atoms with Crippen molar-refractivity contribution in [1.29, 1.82) is 0 Å². The Morgan fingerprint density at radius 2 is 1.95 bits per heavy atom. The summed E-state index contributed by atoms with van der Waals surface area (Å²) in [6.07, 6.45) is 0. The van der Waals surface area contributed by atoms with Gasteiger partial charge in [0.1, 0.15) is 0 Å². The fourth-order valence-electron chi connectivity index (χ4n) is 1.50. The van der Waals surface area contributed by atoms with E-state index in [4.69, 9.17) is 9.47 Å². The van der Waals surface area contributed by atoms with Crippen molar-refractivity contribution in [3.8, 4) is 17.8 Å². The van der Waals surface area contributed by atoms with Crippen LogP contribution in [0.1, 0.15) is 12.5 Å². The van der Waals surface area contributed by atoms with Gasteiger partial charge in [-0.3, -0.25) is 0 Å². The molecule has 0 saturated carbocycles. The second-order valence-electron chi connectivity index (χ2n) is 3.99. The number of hydrogen-bond donors (Lipinski definition) is 1. The van der Waals surface area contributed by atoms with E-state index in [1.54, 1.807) is 12.1 Å². The first-order valence-corrected chi connectivity index (χ1v) is 6.10. The molecule has 1 N–H and O–H groups in total. The van der Waals surface area contributed by atoms with Gasteiger partial charge in [-0.1, -0.05) is 6.07 Å². The predicted molar refractivity (Wildman–Crippen MR) is 71.8 cm³/mol. The van der Waals surface area contributed by atoms with Gasteiger partial charge in [-0.25, -0.2) is 4.39 Å². The van der Waals surface area contributed by atoms with E-state index in [1.807, 2.05) is 13.8 Å². The molecule has 1 heterocycles. The van der Waals surface area contributed by atoms with Crippen molar-refractivity contribution in [2.45, 2.75) is 13.8 Å². The first-order chi connectivity index (χ1) is 9.62. The summed E-state index contributed by atoms with van der Waals surface area (Å²) < 4.78 is 24.0. The minimum Gasteiger partial charge on any atom is -0.467 e. The Kier molecular flexibility index (Phi) is 4.29. The van der Waals surface area contributed by atoms with Gasteiger partial charge in [0.15, 0.2) is 11.6 Å². The molecule has 0 saturated heterocycles. The lowest BCUT2D eigenvalue weighted by molar-refractivity contribution is 0.355. The van der Waals surface area contributed by atoms with Crippen molar-refractivity contribution in [1.82, 2.24) is 15.0 Å². The average molecular weight is 278 g/mol. The van der Waals surface area contributed by atoms with Crippen molar-refractivity contribution in [3.05, 3.63) is 29.6 Å². The van der Waals surface area contributed by atoms with Crippen LogP contribution in [0.4, 0.5) is 10.3 Å². The third-order valence-corrected chi connectivity index (χ3v) is 2.40. The lowest BCUT2D eigenvalue weighted by atomic mass is 10.2. The Hall–Kier alpha value is -2.44. The molecule has 0 spiro atoms. The molecule has 0 fully saturated rings. The molecule has 0 aliphatic heterocycles. The molecule has 0 bridgehead atoms. The van der Waals surface area contributed by atoms with E-state index in [0.29, 0.717) is 12.5 Å². The van der Waals surface area contributed by atoms with E-state index in [0.717, 1.165) is 5.56 Å². The van der Waals surface area contributed by atoms with Crippen molar-refractivity contribution in [2.75, 3.05) is 19.0 Å². The van der Waals surface area contributed by atoms with E-state index < -0.39 is 5.82 Å². The molecule has 2 aromatic rings. The molecule has 0 atom stereocenters. The first-order valence-electron chi connectivity index (χ1n) is 6.10. The van der Waals surface area contributed by atoms with Crippen molar-refractivity contribution >= 4 is 5.95 Å². The number of benzene rings is 1. The predicted octanol–water partition coefficient (Wildman–Crippen LogP) is 2.55. The average Bonchev–Trinajstić information content (AvgIpc) is 2.43. The lowest BCUT2D eigenvalue weighted by Crippen LogP contribution is -2.06. The molecule has 20 heavy (non-hydrogen) atoms. The van der Waals surface area contributed by atoms with Crippen molar-refractivity contribution in [3.63, 3.8) is 0 Å². The highest BCUT2D eigenvalue weighted by atomic mass is 19.1. The second-order valence-corrected chi connectivity index (χ2v) is 3.99. The van der Waals surface area contributed by atoms with Crippen LogP contribution in [-0.2, 0) is 0 Å². The van der Waals surface area contributed by atoms with Crippen LogP contribution in [0.3, 0.4) is 0 Å². The van der Waals surface area contributed by atoms with E-state index in [9.17, 15) is 4.39 Å². The van der Waals surface area contributed by atoms with Gasteiger partial charge >= 0.3 is 12.0 Å². The SMILES string of the molecule is CCNc1nc(OC)nc(Oc2cc(C)ccc2F)n1. The van der Waals surface area contributed by atoms with Crippen molar-refractivity contribution < 1.29 is 13.9 Å². The summed E-state index contributed by atoms with van der Waals surface area (Å²) >= 11 is 0. The van der Waals surface area contributed by atoms with Gasteiger partial charge in [0.2, 0.25) is 5.95 Å². The van der Waals surface area contributed by atoms with Crippen LogP contribution < -0.4 is 14.8 Å². The van der Waals surface area contributed by atoms with Crippen LogP contribution in [0, 0.1) is 12.7 Å². The van der Waals surface area contributed by atoms with Gasteiger partial charge in [0.25, 0.3) is 0 Å². The van der Waals surface area contributed by atoms with Crippen LogP contribution in [-0.4, -0.2) is 28.6 Å². The molecule has 0 radical (unpaired) electrons. The zero-order chi connectivity index (χ0) is 14.5. The quantitative estimate of drug-likeness (QED) is 0.906. The Morgan fingerprint density at radius 3 is 2.65 bits per heavy atom. The molecular formula is C13H15FN4O2. The van der Waals surface area contributed by atoms with Crippen LogP contribution >= 0.6 is 0 Å². The van der Waals surface area contributed by atoms with E-state index in [2.05, 4.69) is 20.3 Å². The number of aryl methyl sites for hydroxylation is 1. The van der Waals surface area contributed by atoms with Gasteiger partial charge in [-0.2, -0.15) is 9.97 Å². The maximum atomic E-state index is 13.6. The van der Waals surface area contributed by atoms with Crippen LogP contribution in [0.15, 0.2) is 18.2 Å². The van der Waals surface area contributed by atoms with E-state index in [1.165, 1.54) is 13.2 Å². The Morgan fingerprint density at radius 1 is 1.20 bits per heavy atom. The highest BCUT2D eigenvalue weighted by molar-refractivity contribution is 5.33. The molecule has 0 aliphatic carbocycles. The van der Waals surface area contributed by atoms with Gasteiger partial charge in [0.05, 0.1) is 7.11 Å². The molecule has 0 aliphatic rings.